The van der Waals surface area contributed by atoms with E-state index in [0.29, 0.717) is 6.04 Å². The fraction of sp³-hybridized carbons (Fsp3) is 0.368. The Balaban J connectivity index is 1.98. The molecule has 108 valence electrons. The van der Waals surface area contributed by atoms with E-state index in [9.17, 15) is 0 Å². The average Bonchev–Trinajstić information content (AvgIpc) is 2.50. The number of methoxy groups -OCH3 is 1. The fourth-order valence-electron chi connectivity index (χ4n) is 3.97. The first-order chi connectivity index (χ1) is 10.2. The molecular weight excluding hydrogens is 258 g/mol. The Kier molecular flexibility index (Phi) is 2.83. The molecule has 2 heteroatoms. The van der Waals surface area contributed by atoms with E-state index in [1.165, 1.54) is 34.2 Å². The Bertz CT molecular complexity index is 720. The Hall–Kier alpha value is -1.80. The maximum atomic E-state index is 5.52. The average molecular weight is 279 g/mol. The van der Waals surface area contributed by atoms with E-state index < -0.39 is 0 Å². The summed E-state index contributed by atoms with van der Waals surface area (Å²) in [7, 11) is 4.01. The lowest BCUT2D eigenvalue weighted by Crippen LogP contribution is -2.35. The molecule has 0 bridgehead atoms. The van der Waals surface area contributed by atoms with Crippen LogP contribution in [0.25, 0.3) is 11.1 Å². The van der Waals surface area contributed by atoms with Gasteiger partial charge in [-0.3, -0.25) is 4.90 Å². The molecule has 2 aliphatic rings. The minimum Gasteiger partial charge on any atom is -0.496 e. The van der Waals surface area contributed by atoms with Gasteiger partial charge in [-0.2, -0.15) is 0 Å². The lowest BCUT2D eigenvalue weighted by atomic mass is 9.77. The van der Waals surface area contributed by atoms with Gasteiger partial charge in [-0.25, -0.2) is 0 Å². The van der Waals surface area contributed by atoms with Crippen LogP contribution in [0.5, 0.6) is 5.75 Å². The summed E-state index contributed by atoms with van der Waals surface area (Å²) >= 11 is 0. The zero-order valence-electron chi connectivity index (χ0n) is 12.9. The second-order valence-electron chi connectivity index (χ2n) is 6.31. The molecule has 0 spiro atoms. The standard InChI is InChI=1S/C19H21NO/c1-12-9-16-14(11-18(12)21-3)10-17-19-13(7-8-20(17)2)5-4-6-15(16)19/h4-6,9,11,17H,7-8,10H2,1-3H3/t17-/m1/s1. The van der Waals surface area contributed by atoms with Gasteiger partial charge < -0.3 is 4.74 Å². The number of fused-ring (bicyclic) bond motifs is 2. The first-order valence-electron chi connectivity index (χ1n) is 7.69. The molecular formula is C19H21NO. The number of hydrogen-bond donors (Lipinski definition) is 0. The highest BCUT2D eigenvalue weighted by Crippen LogP contribution is 2.45. The topological polar surface area (TPSA) is 12.5 Å². The summed E-state index contributed by atoms with van der Waals surface area (Å²) in [6.07, 6.45) is 2.26. The number of hydrogen-bond acceptors (Lipinski definition) is 2. The third kappa shape index (κ3) is 1.82. The zero-order valence-corrected chi connectivity index (χ0v) is 12.9. The van der Waals surface area contributed by atoms with Gasteiger partial charge in [0.2, 0.25) is 0 Å². The van der Waals surface area contributed by atoms with Crippen LogP contribution < -0.4 is 4.74 Å². The van der Waals surface area contributed by atoms with Crippen molar-refractivity contribution in [3.05, 3.63) is 52.6 Å². The summed E-state index contributed by atoms with van der Waals surface area (Å²) in [5, 5.41) is 0. The number of benzene rings is 2. The Labute approximate surface area is 126 Å². The van der Waals surface area contributed by atoms with Gasteiger partial charge in [-0.1, -0.05) is 18.2 Å². The first kappa shape index (κ1) is 12.9. The van der Waals surface area contributed by atoms with E-state index in [0.717, 1.165) is 18.7 Å². The van der Waals surface area contributed by atoms with Crippen molar-refractivity contribution in [2.45, 2.75) is 25.8 Å². The van der Waals surface area contributed by atoms with Crippen molar-refractivity contribution in [3.8, 4) is 16.9 Å². The summed E-state index contributed by atoms with van der Waals surface area (Å²) < 4.78 is 5.52. The van der Waals surface area contributed by atoms with E-state index in [2.05, 4.69) is 49.2 Å². The van der Waals surface area contributed by atoms with Crippen LogP contribution >= 0.6 is 0 Å². The molecule has 0 N–H and O–H groups in total. The fourth-order valence-corrected chi connectivity index (χ4v) is 3.97. The quantitative estimate of drug-likeness (QED) is 0.788. The van der Waals surface area contributed by atoms with Crippen LogP contribution in [0.4, 0.5) is 0 Å². The molecule has 0 aromatic heterocycles. The van der Waals surface area contributed by atoms with Crippen molar-refractivity contribution in [1.29, 1.82) is 0 Å². The van der Waals surface area contributed by atoms with Crippen LogP contribution in [0, 0.1) is 6.92 Å². The minimum atomic E-state index is 0.518. The predicted octanol–water partition coefficient (Wildman–Crippen LogP) is 3.76. The highest BCUT2D eigenvalue weighted by molar-refractivity contribution is 5.77. The van der Waals surface area contributed by atoms with Gasteiger partial charge >= 0.3 is 0 Å². The molecule has 0 fully saturated rings. The van der Waals surface area contributed by atoms with Crippen molar-refractivity contribution in [3.63, 3.8) is 0 Å². The van der Waals surface area contributed by atoms with Crippen LogP contribution in [0.2, 0.25) is 0 Å². The normalized spacial score (nSPS) is 19.9. The van der Waals surface area contributed by atoms with E-state index in [4.69, 9.17) is 4.74 Å². The Morgan fingerprint density at radius 3 is 2.81 bits per heavy atom. The first-order valence-corrected chi connectivity index (χ1v) is 7.69. The second kappa shape index (κ2) is 4.60. The van der Waals surface area contributed by atoms with Gasteiger partial charge in [0.25, 0.3) is 0 Å². The maximum absolute atomic E-state index is 5.52. The monoisotopic (exact) mass is 279 g/mol. The maximum Gasteiger partial charge on any atom is 0.122 e. The molecule has 21 heavy (non-hydrogen) atoms. The number of nitrogens with zero attached hydrogens (tertiary/aromatic N) is 1. The minimum absolute atomic E-state index is 0.518. The molecule has 0 amide bonds. The molecule has 0 saturated carbocycles. The molecule has 4 rings (SSSR count). The van der Waals surface area contributed by atoms with Crippen LogP contribution in [-0.2, 0) is 12.8 Å². The highest BCUT2D eigenvalue weighted by atomic mass is 16.5. The van der Waals surface area contributed by atoms with Crippen LogP contribution in [0.1, 0.15) is 28.3 Å². The molecule has 2 aromatic rings. The molecule has 0 saturated heterocycles. The van der Waals surface area contributed by atoms with E-state index >= 15 is 0 Å². The Morgan fingerprint density at radius 2 is 2.00 bits per heavy atom. The van der Waals surface area contributed by atoms with E-state index in [1.807, 2.05) is 0 Å². The highest BCUT2D eigenvalue weighted by Gasteiger charge is 2.32. The molecule has 2 aromatic carbocycles. The van der Waals surface area contributed by atoms with Crippen LogP contribution in [0.15, 0.2) is 30.3 Å². The van der Waals surface area contributed by atoms with Crippen molar-refractivity contribution in [2.24, 2.45) is 0 Å². The second-order valence-corrected chi connectivity index (χ2v) is 6.31. The van der Waals surface area contributed by atoms with Gasteiger partial charge in [-0.05, 0) is 72.3 Å². The third-order valence-electron chi connectivity index (χ3n) is 5.12. The lowest BCUT2D eigenvalue weighted by molar-refractivity contribution is 0.228. The van der Waals surface area contributed by atoms with Crippen molar-refractivity contribution in [2.75, 3.05) is 20.7 Å². The molecule has 0 unspecified atom stereocenters. The molecule has 1 aliphatic heterocycles. The van der Waals surface area contributed by atoms with Gasteiger partial charge in [0.1, 0.15) is 5.75 Å². The molecule has 1 heterocycles. The molecule has 1 atom stereocenters. The smallest absolute Gasteiger partial charge is 0.122 e. The summed E-state index contributed by atoms with van der Waals surface area (Å²) in [5.41, 5.74) is 8.56. The number of rotatable bonds is 1. The molecule has 1 aliphatic carbocycles. The number of ether oxygens (including phenoxy) is 1. The SMILES string of the molecule is COc1cc2c(cc1C)-c1cccc3c1[C@@H](C2)N(C)CC3. The van der Waals surface area contributed by atoms with Gasteiger partial charge in [-0.15, -0.1) is 0 Å². The molecule has 2 nitrogen and oxygen atoms in total. The Morgan fingerprint density at radius 1 is 1.14 bits per heavy atom. The van der Waals surface area contributed by atoms with Gasteiger partial charge in [0.15, 0.2) is 0 Å². The number of aryl methyl sites for hydroxylation is 1. The van der Waals surface area contributed by atoms with E-state index in [-0.39, 0.29) is 0 Å². The largest absolute Gasteiger partial charge is 0.496 e. The van der Waals surface area contributed by atoms with Crippen LogP contribution in [0.3, 0.4) is 0 Å². The summed E-state index contributed by atoms with van der Waals surface area (Å²) in [4.78, 5) is 2.50. The summed E-state index contributed by atoms with van der Waals surface area (Å²) in [6, 6.07) is 11.9. The zero-order chi connectivity index (χ0) is 14.6. The van der Waals surface area contributed by atoms with Crippen LogP contribution in [-0.4, -0.2) is 25.6 Å². The summed E-state index contributed by atoms with van der Waals surface area (Å²) in [6.45, 7) is 3.28. The van der Waals surface area contributed by atoms with Crippen molar-refractivity contribution in [1.82, 2.24) is 4.90 Å². The van der Waals surface area contributed by atoms with E-state index in [1.54, 1.807) is 12.7 Å². The van der Waals surface area contributed by atoms with Gasteiger partial charge in [0, 0.05) is 12.6 Å². The molecule has 0 radical (unpaired) electrons. The van der Waals surface area contributed by atoms with Gasteiger partial charge in [0.05, 0.1) is 7.11 Å². The van der Waals surface area contributed by atoms with Crippen molar-refractivity contribution >= 4 is 0 Å². The summed E-state index contributed by atoms with van der Waals surface area (Å²) in [5.74, 6) is 1.01. The van der Waals surface area contributed by atoms with Crippen molar-refractivity contribution < 1.29 is 4.74 Å². The predicted molar refractivity (Wildman–Crippen MR) is 85.9 cm³/mol. The third-order valence-corrected chi connectivity index (χ3v) is 5.12. The number of likely N-dealkylation sites (N-methyl/N-ethyl adjacent to an activating group) is 1. The lowest BCUT2D eigenvalue weighted by Gasteiger charge is -2.40.